The third kappa shape index (κ3) is 2.09. The van der Waals surface area contributed by atoms with Crippen LogP contribution in [-0.2, 0) is 7.05 Å². The molecular weight excluding hydrogens is 204 g/mol. The lowest BCUT2D eigenvalue weighted by molar-refractivity contribution is 0.0920. The number of carbonyl (C=O) groups excluding carboxylic acids is 1. The molecule has 1 aliphatic rings. The van der Waals surface area contributed by atoms with Crippen molar-refractivity contribution in [3.63, 3.8) is 0 Å². The molecule has 0 aromatic carbocycles. The molecule has 0 unspecified atom stereocenters. The number of nitrogens with zero attached hydrogens (tertiary/aromatic N) is 2. The molecule has 5 heteroatoms. The SMILES string of the molecule is Cc1cc(C(=O)NCC2(N)CCC2)n(C)n1. The van der Waals surface area contributed by atoms with E-state index >= 15 is 0 Å². The molecule has 1 amide bonds. The summed E-state index contributed by atoms with van der Waals surface area (Å²) in [5, 5.41) is 7.01. The van der Waals surface area contributed by atoms with Crippen LogP contribution in [0.3, 0.4) is 0 Å². The Kier molecular flexibility index (Phi) is 2.71. The van der Waals surface area contributed by atoms with E-state index in [4.69, 9.17) is 5.73 Å². The van der Waals surface area contributed by atoms with Gasteiger partial charge in [0.2, 0.25) is 0 Å². The molecule has 1 fully saturated rings. The van der Waals surface area contributed by atoms with Gasteiger partial charge in [0.25, 0.3) is 5.91 Å². The molecule has 1 aromatic rings. The average molecular weight is 222 g/mol. The Morgan fingerprint density at radius 3 is 2.81 bits per heavy atom. The summed E-state index contributed by atoms with van der Waals surface area (Å²) in [7, 11) is 1.77. The predicted molar refractivity (Wildman–Crippen MR) is 61.0 cm³/mol. The summed E-state index contributed by atoms with van der Waals surface area (Å²) in [6, 6.07) is 1.78. The monoisotopic (exact) mass is 222 g/mol. The second-order valence-electron chi connectivity index (χ2n) is 4.69. The lowest BCUT2D eigenvalue weighted by Crippen LogP contribution is -2.55. The predicted octanol–water partition coefficient (Wildman–Crippen LogP) is 0.340. The molecule has 0 saturated heterocycles. The smallest absolute Gasteiger partial charge is 0.269 e. The Hall–Kier alpha value is -1.36. The van der Waals surface area contributed by atoms with E-state index in [2.05, 4.69) is 10.4 Å². The van der Waals surface area contributed by atoms with Gasteiger partial charge < -0.3 is 11.1 Å². The number of rotatable bonds is 3. The summed E-state index contributed by atoms with van der Waals surface area (Å²) in [5.74, 6) is -0.0974. The molecular formula is C11H18N4O. The van der Waals surface area contributed by atoms with E-state index in [-0.39, 0.29) is 11.4 Å². The number of nitrogens with one attached hydrogen (secondary N) is 1. The number of aryl methyl sites for hydroxylation is 2. The highest BCUT2D eigenvalue weighted by Crippen LogP contribution is 2.28. The molecule has 1 aromatic heterocycles. The van der Waals surface area contributed by atoms with Crippen LogP contribution < -0.4 is 11.1 Å². The zero-order chi connectivity index (χ0) is 11.8. The van der Waals surface area contributed by atoms with Crippen LogP contribution in [0.2, 0.25) is 0 Å². The minimum Gasteiger partial charge on any atom is -0.349 e. The highest BCUT2D eigenvalue weighted by Gasteiger charge is 2.32. The van der Waals surface area contributed by atoms with Gasteiger partial charge in [0, 0.05) is 19.1 Å². The van der Waals surface area contributed by atoms with E-state index in [0.29, 0.717) is 12.2 Å². The first-order valence-corrected chi connectivity index (χ1v) is 5.58. The minimum absolute atomic E-state index is 0.0974. The highest BCUT2D eigenvalue weighted by molar-refractivity contribution is 5.92. The Morgan fingerprint density at radius 2 is 2.38 bits per heavy atom. The van der Waals surface area contributed by atoms with Gasteiger partial charge in [-0.05, 0) is 32.3 Å². The van der Waals surface area contributed by atoms with Gasteiger partial charge in [-0.2, -0.15) is 5.10 Å². The van der Waals surface area contributed by atoms with Crippen LogP contribution in [0.5, 0.6) is 0 Å². The molecule has 1 aliphatic carbocycles. The van der Waals surface area contributed by atoms with Crippen molar-refractivity contribution in [1.29, 1.82) is 0 Å². The molecule has 0 atom stereocenters. The zero-order valence-corrected chi connectivity index (χ0v) is 9.79. The lowest BCUT2D eigenvalue weighted by Gasteiger charge is -2.38. The van der Waals surface area contributed by atoms with Crippen LogP contribution in [0.25, 0.3) is 0 Å². The quantitative estimate of drug-likeness (QED) is 0.774. The maximum atomic E-state index is 11.8. The van der Waals surface area contributed by atoms with Crippen molar-refractivity contribution in [3.05, 3.63) is 17.5 Å². The number of hydrogen-bond donors (Lipinski definition) is 2. The van der Waals surface area contributed by atoms with Crippen molar-refractivity contribution in [2.75, 3.05) is 6.54 Å². The van der Waals surface area contributed by atoms with E-state index in [1.165, 1.54) is 0 Å². The molecule has 0 bridgehead atoms. The normalized spacial score (nSPS) is 17.9. The molecule has 5 nitrogen and oxygen atoms in total. The standard InChI is InChI=1S/C11H18N4O/c1-8-6-9(15(2)14-8)10(16)13-7-11(12)4-3-5-11/h6H,3-5,7,12H2,1-2H3,(H,13,16). The second kappa shape index (κ2) is 3.90. The van der Waals surface area contributed by atoms with Gasteiger partial charge in [0.1, 0.15) is 5.69 Å². The Morgan fingerprint density at radius 1 is 1.69 bits per heavy atom. The molecule has 2 rings (SSSR count). The average Bonchev–Trinajstić information content (AvgIpc) is 2.51. The summed E-state index contributed by atoms with van der Waals surface area (Å²) in [6.07, 6.45) is 3.16. The van der Waals surface area contributed by atoms with Crippen LogP contribution in [0, 0.1) is 6.92 Å². The fourth-order valence-electron chi connectivity index (χ4n) is 1.98. The Balaban J connectivity index is 1.95. The van der Waals surface area contributed by atoms with Gasteiger partial charge in [-0.15, -0.1) is 0 Å². The van der Waals surface area contributed by atoms with E-state index in [9.17, 15) is 4.79 Å². The molecule has 1 heterocycles. The Labute approximate surface area is 95.0 Å². The first-order valence-electron chi connectivity index (χ1n) is 5.58. The van der Waals surface area contributed by atoms with Crippen molar-refractivity contribution in [2.45, 2.75) is 31.7 Å². The van der Waals surface area contributed by atoms with Crippen molar-refractivity contribution in [3.8, 4) is 0 Å². The summed E-state index contributed by atoms with van der Waals surface area (Å²) in [4.78, 5) is 11.8. The zero-order valence-electron chi connectivity index (χ0n) is 9.79. The van der Waals surface area contributed by atoms with E-state index in [1.54, 1.807) is 17.8 Å². The number of nitrogens with two attached hydrogens (primary N) is 1. The number of aromatic nitrogens is 2. The van der Waals surface area contributed by atoms with Crippen LogP contribution in [0.1, 0.15) is 35.4 Å². The third-order valence-corrected chi connectivity index (χ3v) is 3.18. The molecule has 0 radical (unpaired) electrons. The van der Waals surface area contributed by atoms with Gasteiger partial charge in [-0.1, -0.05) is 0 Å². The second-order valence-corrected chi connectivity index (χ2v) is 4.69. The minimum atomic E-state index is -0.177. The van der Waals surface area contributed by atoms with Gasteiger partial charge in [-0.25, -0.2) is 0 Å². The van der Waals surface area contributed by atoms with Crippen molar-refractivity contribution < 1.29 is 4.79 Å². The Bertz CT molecular complexity index is 406. The lowest BCUT2D eigenvalue weighted by atomic mass is 9.78. The molecule has 1 saturated carbocycles. The van der Waals surface area contributed by atoms with Crippen LogP contribution in [-0.4, -0.2) is 27.8 Å². The summed E-state index contributed by atoms with van der Waals surface area (Å²) in [6.45, 7) is 2.42. The molecule has 16 heavy (non-hydrogen) atoms. The van der Waals surface area contributed by atoms with Crippen LogP contribution >= 0.6 is 0 Å². The molecule has 0 aliphatic heterocycles. The number of amides is 1. The van der Waals surface area contributed by atoms with Gasteiger partial charge in [-0.3, -0.25) is 9.48 Å². The number of carbonyl (C=O) groups is 1. The summed E-state index contributed by atoms with van der Waals surface area (Å²) in [5.41, 5.74) is 7.29. The van der Waals surface area contributed by atoms with Gasteiger partial charge >= 0.3 is 0 Å². The molecule has 0 spiro atoms. The fourth-order valence-corrected chi connectivity index (χ4v) is 1.98. The third-order valence-electron chi connectivity index (χ3n) is 3.18. The fraction of sp³-hybridized carbons (Fsp3) is 0.636. The maximum absolute atomic E-state index is 11.8. The molecule has 3 N–H and O–H groups in total. The molecule has 88 valence electrons. The van der Waals surface area contributed by atoms with Crippen LogP contribution in [0.4, 0.5) is 0 Å². The van der Waals surface area contributed by atoms with Crippen molar-refractivity contribution in [2.24, 2.45) is 12.8 Å². The largest absolute Gasteiger partial charge is 0.349 e. The van der Waals surface area contributed by atoms with E-state index < -0.39 is 0 Å². The maximum Gasteiger partial charge on any atom is 0.269 e. The number of hydrogen-bond acceptors (Lipinski definition) is 3. The van der Waals surface area contributed by atoms with E-state index in [0.717, 1.165) is 25.0 Å². The van der Waals surface area contributed by atoms with Crippen molar-refractivity contribution >= 4 is 5.91 Å². The van der Waals surface area contributed by atoms with E-state index in [1.807, 2.05) is 6.92 Å². The highest BCUT2D eigenvalue weighted by atomic mass is 16.2. The topological polar surface area (TPSA) is 72.9 Å². The van der Waals surface area contributed by atoms with Crippen LogP contribution in [0.15, 0.2) is 6.07 Å². The summed E-state index contributed by atoms with van der Waals surface area (Å²) < 4.78 is 1.59. The first-order chi connectivity index (χ1) is 7.50. The van der Waals surface area contributed by atoms with Gasteiger partial charge in [0.05, 0.1) is 5.69 Å². The first kappa shape index (κ1) is 11.1. The van der Waals surface area contributed by atoms with Crippen molar-refractivity contribution in [1.82, 2.24) is 15.1 Å². The van der Waals surface area contributed by atoms with Gasteiger partial charge in [0.15, 0.2) is 0 Å². The summed E-state index contributed by atoms with van der Waals surface area (Å²) >= 11 is 0.